The van der Waals surface area contributed by atoms with E-state index in [0.717, 1.165) is 28.1 Å². The minimum Gasteiger partial charge on any atom is -0.452 e. The molecule has 1 aliphatic rings. The molecule has 3 rings (SSSR count). The lowest BCUT2D eigenvalue weighted by molar-refractivity contribution is -0.135. The van der Waals surface area contributed by atoms with E-state index in [4.69, 9.17) is 9.47 Å². The Morgan fingerprint density at radius 3 is 2.47 bits per heavy atom. The quantitative estimate of drug-likeness (QED) is 0.584. The van der Waals surface area contributed by atoms with E-state index in [9.17, 15) is 22.4 Å². The fourth-order valence-corrected chi connectivity index (χ4v) is 4.74. The molecule has 1 amide bonds. The number of benzene rings is 2. The molecular weight excluding hydrogens is 439 g/mol. The van der Waals surface area contributed by atoms with E-state index in [-0.39, 0.29) is 37.9 Å². The van der Waals surface area contributed by atoms with Crippen LogP contribution in [0.3, 0.4) is 0 Å². The Kier molecular flexibility index (Phi) is 7.60. The Bertz CT molecular complexity index is 1070. The topological polar surface area (TPSA) is 93.2 Å². The molecule has 2 aromatic rings. The van der Waals surface area contributed by atoms with Gasteiger partial charge in [0.2, 0.25) is 10.0 Å². The van der Waals surface area contributed by atoms with Gasteiger partial charge in [0.15, 0.2) is 6.61 Å². The van der Waals surface area contributed by atoms with Gasteiger partial charge < -0.3 is 14.4 Å². The van der Waals surface area contributed by atoms with Crippen molar-refractivity contribution in [2.75, 3.05) is 40.0 Å². The molecule has 1 fully saturated rings. The molecule has 0 radical (unpaired) electrons. The van der Waals surface area contributed by atoms with Crippen LogP contribution in [-0.2, 0) is 24.3 Å². The molecule has 2 aromatic carbocycles. The number of likely N-dealkylation sites (N-methyl/N-ethyl adjacent to an activating group) is 1. The van der Waals surface area contributed by atoms with Gasteiger partial charge >= 0.3 is 5.97 Å². The SMILES string of the molecule is CC(c1ccccc1)N(C)C(=O)COC(=O)c1ccc(F)c(S(=O)(=O)N2CCOCC2)c1. The van der Waals surface area contributed by atoms with E-state index in [1.165, 1.54) is 4.90 Å². The van der Waals surface area contributed by atoms with Crippen molar-refractivity contribution in [1.82, 2.24) is 9.21 Å². The van der Waals surface area contributed by atoms with Gasteiger partial charge in [-0.25, -0.2) is 17.6 Å². The van der Waals surface area contributed by atoms with E-state index in [1.807, 2.05) is 37.3 Å². The third-order valence-electron chi connectivity index (χ3n) is 5.34. The van der Waals surface area contributed by atoms with Crippen LogP contribution in [0.15, 0.2) is 53.4 Å². The molecule has 1 heterocycles. The van der Waals surface area contributed by atoms with Crippen molar-refractivity contribution in [2.24, 2.45) is 0 Å². The highest BCUT2D eigenvalue weighted by atomic mass is 32.2. The van der Waals surface area contributed by atoms with Gasteiger partial charge in [0.1, 0.15) is 10.7 Å². The standard InChI is InChI=1S/C22H25FN2O6S/c1-16(17-6-4-3-5-7-17)24(2)21(26)15-31-22(27)18-8-9-19(23)20(14-18)32(28,29)25-10-12-30-13-11-25/h3-9,14,16H,10-13,15H2,1-2H3. The van der Waals surface area contributed by atoms with Crippen LogP contribution >= 0.6 is 0 Å². The van der Waals surface area contributed by atoms with Gasteiger partial charge in [0.05, 0.1) is 24.8 Å². The summed E-state index contributed by atoms with van der Waals surface area (Å²) in [6.07, 6.45) is 0. The van der Waals surface area contributed by atoms with E-state index >= 15 is 0 Å². The molecule has 1 unspecified atom stereocenters. The Balaban J connectivity index is 1.68. The van der Waals surface area contributed by atoms with Crippen molar-refractivity contribution < 1.29 is 31.9 Å². The first-order chi connectivity index (χ1) is 15.2. The first kappa shape index (κ1) is 23.8. The average molecular weight is 465 g/mol. The summed E-state index contributed by atoms with van der Waals surface area (Å²) in [4.78, 5) is 25.7. The minimum absolute atomic E-state index is 0.0941. The number of nitrogens with zero attached hydrogens (tertiary/aromatic N) is 2. The van der Waals surface area contributed by atoms with Crippen molar-refractivity contribution in [2.45, 2.75) is 17.9 Å². The zero-order valence-electron chi connectivity index (χ0n) is 17.9. The predicted molar refractivity (Wildman–Crippen MR) is 114 cm³/mol. The van der Waals surface area contributed by atoms with Gasteiger partial charge in [-0.3, -0.25) is 4.79 Å². The largest absolute Gasteiger partial charge is 0.452 e. The summed E-state index contributed by atoms with van der Waals surface area (Å²) in [6, 6.07) is 12.1. The lowest BCUT2D eigenvalue weighted by Crippen LogP contribution is -2.41. The van der Waals surface area contributed by atoms with E-state index in [0.29, 0.717) is 0 Å². The lowest BCUT2D eigenvalue weighted by Gasteiger charge is -2.26. The molecule has 172 valence electrons. The van der Waals surface area contributed by atoms with Crippen LogP contribution in [0, 0.1) is 5.82 Å². The number of esters is 1. The van der Waals surface area contributed by atoms with Crippen LogP contribution in [0.5, 0.6) is 0 Å². The summed E-state index contributed by atoms with van der Waals surface area (Å²) >= 11 is 0. The summed E-state index contributed by atoms with van der Waals surface area (Å²) in [5, 5.41) is 0. The van der Waals surface area contributed by atoms with Crippen LogP contribution in [0.25, 0.3) is 0 Å². The Morgan fingerprint density at radius 1 is 1.16 bits per heavy atom. The summed E-state index contributed by atoms with van der Waals surface area (Å²) in [5.74, 6) is -2.32. The Hall–Kier alpha value is -2.82. The molecular formula is C22H25FN2O6S. The normalized spacial score (nSPS) is 15.7. The molecule has 1 saturated heterocycles. The Morgan fingerprint density at radius 2 is 1.81 bits per heavy atom. The van der Waals surface area contributed by atoms with E-state index < -0.39 is 39.2 Å². The molecule has 1 aliphatic heterocycles. The number of ether oxygens (including phenoxy) is 2. The Labute approximate surface area is 186 Å². The fraction of sp³-hybridized carbons (Fsp3) is 0.364. The van der Waals surface area contributed by atoms with Gasteiger partial charge in [-0.1, -0.05) is 30.3 Å². The van der Waals surface area contributed by atoms with Crippen molar-refractivity contribution in [3.63, 3.8) is 0 Å². The first-order valence-corrected chi connectivity index (χ1v) is 11.5. The third kappa shape index (κ3) is 5.32. The number of amides is 1. The number of halogens is 1. The highest BCUT2D eigenvalue weighted by molar-refractivity contribution is 7.89. The monoisotopic (exact) mass is 464 g/mol. The minimum atomic E-state index is -4.14. The van der Waals surface area contributed by atoms with Crippen molar-refractivity contribution in [1.29, 1.82) is 0 Å². The predicted octanol–water partition coefficient (Wildman–Crippen LogP) is 2.22. The summed E-state index contributed by atoms with van der Waals surface area (Å²) in [6.45, 7) is 1.92. The van der Waals surface area contributed by atoms with Crippen LogP contribution in [0.1, 0.15) is 28.9 Å². The molecule has 0 N–H and O–H groups in total. The molecule has 0 saturated carbocycles. The molecule has 0 aliphatic carbocycles. The number of morpholine rings is 1. The summed E-state index contributed by atoms with van der Waals surface area (Å²) < 4.78 is 51.1. The average Bonchev–Trinajstić information content (AvgIpc) is 2.82. The molecule has 10 heteroatoms. The van der Waals surface area contributed by atoms with Gasteiger partial charge in [-0.05, 0) is 30.7 Å². The van der Waals surface area contributed by atoms with Crippen molar-refractivity contribution in [3.8, 4) is 0 Å². The molecule has 32 heavy (non-hydrogen) atoms. The second-order valence-electron chi connectivity index (χ2n) is 7.33. The van der Waals surface area contributed by atoms with E-state index in [1.54, 1.807) is 7.05 Å². The van der Waals surface area contributed by atoms with Gasteiger partial charge in [0, 0.05) is 20.1 Å². The molecule has 0 spiro atoms. The number of sulfonamides is 1. The second-order valence-corrected chi connectivity index (χ2v) is 9.24. The maximum Gasteiger partial charge on any atom is 0.338 e. The fourth-order valence-electron chi connectivity index (χ4n) is 3.24. The first-order valence-electron chi connectivity index (χ1n) is 10.1. The second kappa shape index (κ2) is 10.2. The number of rotatable bonds is 7. The third-order valence-corrected chi connectivity index (χ3v) is 7.25. The zero-order chi connectivity index (χ0) is 23.3. The van der Waals surface area contributed by atoms with Crippen LogP contribution < -0.4 is 0 Å². The smallest absolute Gasteiger partial charge is 0.338 e. The van der Waals surface area contributed by atoms with Crippen LogP contribution in [0.2, 0.25) is 0 Å². The molecule has 0 bridgehead atoms. The van der Waals surface area contributed by atoms with Crippen LogP contribution in [0.4, 0.5) is 4.39 Å². The summed E-state index contributed by atoms with van der Waals surface area (Å²) in [5.41, 5.74) is 0.760. The summed E-state index contributed by atoms with van der Waals surface area (Å²) in [7, 11) is -2.54. The highest BCUT2D eigenvalue weighted by Gasteiger charge is 2.30. The maximum atomic E-state index is 14.3. The van der Waals surface area contributed by atoms with Crippen LogP contribution in [-0.4, -0.2) is 69.5 Å². The number of hydrogen-bond donors (Lipinski definition) is 0. The van der Waals surface area contributed by atoms with Gasteiger partial charge in [0.25, 0.3) is 5.91 Å². The van der Waals surface area contributed by atoms with Crippen molar-refractivity contribution >= 4 is 21.9 Å². The van der Waals surface area contributed by atoms with E-state index in [2.05, 4.69) is 0 Å². The van der Waals surface area contributed by atoms with Gasteiger partial charge in [-0.15, -0.1) is 0 Å². The molecule has 1 atom stereocenters. The van der Waals surface area contributed by atoms with Crippen molar-refractivity contribution in [3.05, 3.63) is 65.5 Å². The lowest BCUT2D eigenvalue weighted by atomic mass is 10.1. The highest BCUT2D eigenvalue weighted by Crippen LogP contribution is 2.22. The number of carbonyl (C=O) groups is 2. The maximum absolute atomic E-state index is 14.3. The van der Waals surface area contributed by atoms with Gasteiger partial charge in [-0.2, -0.15) is 4.31 Å². The number of hydrogen-bond acceptors (Lipinski definition) is 6. The number of carbonyl (C=O) groups excluding carboxylic acids is 2. The molecule has 8 nitrogen and oxygen atoms in total. The zero-order valence-corrected chi connectivity index (χ0v) is 18.7. The molecule has 0 aromatic heterocycles.